The molecule has 54 heavy (non-hydrogen) atoms. The number of rotatable bonds is 14. The van der Waals surface area contributed by atoms with E-state index in [4.69, 9.17) is 9.47 Å². The van der Waals surface area contributed by atoms with Crippen molar-refractivity contribution in [2.24, 2.45) is 5.92 Å². The zero-order chi connectivity index (χ0) is 37.5. The molecule has 0 aliphatic carbocycles. The van der Waals surface area contributed by atoms with Gasteiger partial charge in [-0.15, -0.1) is 0 Å². The van der Waals surface area contributed by atoms with Crippen LogP contribution in [0.3, 0.4) is 0 Å². The summed E-state index contributed by atoms with van der Waals surface area (Å²) >= 11 is 0. The lowest BCUT2D eigenvalue weighted by molar-refractivity contribution is -0.384. The number of amides is 1. The lowest BCUT2D eigenvalue weighted by atomic mass is 9.97. The van der Waals surface area contributed by atoms with Crippen molar-refractivity contribution in [2.75, 3.05) is 44.7 Å². The van der Waals surface area contributed by atoms with Crippen molar-refractivity contribution in [2.45, 2.75) is 37.0 Å². The summed E-state index contributed by atoms with van der Waals surface area (Å²) in [5, 5.41) is 15.9. The monoisotopic (exact) mass is 750 g/mol. The molecule has 2 aliphatic heterocycles. The first-order valence-electron chi connectivity index (χ1n) is 18.1. The molecule has 3 N–H and O–H groups in total. The number of aromatic nitrogens is 2. The van der Waals surface area contributed by atoms with Crippen molar-refractivity contribution >= 4 is 43.9 Å². The number of benzene rings is 3. The van der Waals surface area contributed by atoms with E-state index < -0.39 is 31.4 Å². The van der Waals surface area contributed by atoms with Crippen molar-refractivity contribution in [3.05, 3.63) is 124 Å². The predicted molar refractivity (Wildman–Crippen MR) is 206 cm³/mol. The van der Waals surface area contributed by atoms with Crippen molar-refractivity contribution in [1.82, 2.24) is 19.6 Å². The maximum absolute atomic E-state index is 13.7. The largest absolute Gasteiger partial charge is 0.455 e. The van der Waals surface area contributed by atoms with Gasteiger partial charge in [-0.1, -0.05) is 42.5 Å². The molecule has 2 aliphatic rings. The molecule has 0 spiro atoms. The Labute approximate surface area is 313 Å². The van der Waals surface area contributed by atoms with Gasteiger partial charge in [0.15, 0.2) is 0 Å². The highest BCUT2D eigenvalue weighted by atomic mass is 32.2. The van der Waals surface area contributed by atoms with E-state index in [0.29, 0.717) is 31.2 Å². The van der Waals surface area contributed by atoms with Crippen LogP contribution < -0.4 is 14.8 Å². The molecular formula is C40H42N6O7S. The van der Waals surface area contributed by atoms with Crippen molar-refractivity contribution in [1.29, 1.82) is 0 Å². The number of hydrogen-bond donors (Lipinski definition) is 3. The number of aryl methyl sites for hydroxylation is 1. The first-order valence-corrected chi connectivity index (χ1v) is 19.6. The maximum atomic E-state index is 13.7. The van der Waals surface area contributed by atoms with E-state index in [1.807, 2.05) is 12.1 Å². The quantitative estimate of drug-likeness (QED) is 0.0799. The highest BCUT2D eigenvalue weighted by Gasteiger charge is 2.27. The summed E-state index contributed by atoms with van der Waals surface area (Å²) < 4.78 is 40.8. The van der Waals surface area contributed by atoms with Crippen molar-refractivity contribution in [3.8, 4) is 11.5 Å². The molecule has 14 heteroatoms. The van der Waals surface area contributed by atoms with Crippen molar-refractivity contribution in [3.63, 3.8) is 0 Å². The van der Waals surface area contributed by atoms with E-state index in [1.165, 1.54) is 30.0 Å². The Morgan fingerprint density at radius 1 is 1.06 bits per heavy atom. The van der Waals surface area contributed by atoms with Gasteiger partial charge in [0.2, 0.25) is 0 Å². The van der Waals surface area contributed by atoms with Gasteiger partial charge >= 0.3 is 0 Å². The number of sulfonamides is 1. The molecular weight excluding hydrogens is 709 g/mol. The number of ether oxygens (including phenoxy) is 2. The highest BCUT2D eigenvalue weighted by Crippen LogP contribution is 2.33. The molecule has 0 bridgehead atoms. The third-order valence-corrected chi connectivity index (χ3v) is 11.2. The van der Waals surface area contributed by atoms with E-state index in [0.717, 1.165) is 74.3 Å². The van der Waals surface area contributed by atoms with Gasteiger partial charge in [-0.05, 0) is 97.7 Å². The third kappa shape index (κ3) is 8.96. The van der Waals surface area contributed by atoms with Crippen LogP contribution in [0, 0.1) is 16.0 Å². The summed E-state index contributed by atoms with van der Waals surface area (Å²) in [4.78, 5) is 34.5. The van der Waals surface area contributed by atoms with E-state index in [1.54, 1.807) is 24.4 Å². The predicted octanol–water partition coefficient (Wildman–Crippen LogP) is 6.94. The summed E-state index contributed by atoms with van der Waals surface area (Å²) in [5.74, 6) is -0.165. The Morgan fingerprint density at radius 2 is 1.89 bits per heavy atom. The zero-order valence-corrected chi connectivity index (χ0v) is 30.5. The maximum Gasteiger partial charge on any atom is 0.293 e. The second kappa shape index (κ2) is 16.6. The summed E-state index contributed by atoms with van der Waals surface area (Å²) in [7, 11) is -4.53. The smallest absolute Gasteiger partial charge is 0.293 e. The molecule has 0 saturated carbocycles. The Hall–Kier alpha value is -5.57. The molecule has 1 amide bonds. The summed E-state index contributed by atoms with van der Waals surface area (Å²) in [6, 6.07) is 22.7. The molecule has 7 rings (SSSR count). The van der Waals surface area contributed by atoms with E-state index in [2.05, 4.69) is 55.2 Å². The van der Waals surface area contributed by atoms with Crippen LogP contribution in [0.2, 0.25) is 0 Å². The van der Waals surface area contributed by atoms with Crippen LogP contribution in [0.1, 0.15) is 47.2 Å². The Bertz CT molecular complexity index is 2270. The van der Waals surface area contributed by atoms with Crippen LogP contribution in [0.4, 0.5) is 11.4 Å². The SMILES string of the molecule is O=C(NS(=O)(=O)c1ccc(NCC2CCOCC2)c([N+](=O)[O-])c1)c1ccc(C2=CCN(CCCc3ccccc3)CC2)cc1Oc1cnc2[nH]ccc2c1. The molecule has 13 nitrogen and oxygen atoms in total. The average molecular weight is 751 g/mol. The summed E-state index contributed by atoms with van der Waals surface area (Å²) in [6.45, 7) is 4.39. The lowest BCUT2D eigenvalue weighted by Gasteiger charge is -2.26. The minimum absolute atomic E-state index is 0.0281. The van der Waals surface area contributed by atoms with E-state index in [-0.39, 0.29) is 22.9 Å². The number of carbonyl (C=O) groups excluding carboxylic acids is 1. The van der Waals surface area contributed by atoms with Crippen LogP contribution in [-0.2, 0) is 21.2 Å². The average Bonchev–Trinajstić information content (AvgIpc) is 3.66. The Balaban J connectivity index is 1.09. The van der Waals surface area contributed by atoms with Crippen molar-refractivity contribution < 1.29 is 27.6 Å². The number of nitro groups is 1. The topological polar surface area (TPSA) is 169 Å². The van der Waals surface area contributed by atoms with Gasteiger partial charge in [-0.25, -0.2) is 18.1 Å². The van der Waals surface area contributed by atoms with Crippen LogP contribution in [0.25, 0.3) is 16.6 Å². The normalized spacial score (nSPS) is 15.4. The number of carbonyl (C=O) groups is 1. The number of aromatic amines is 1. The van der Waals surface area contributed by atoms with E-state index in [9.17, 15) is 23.3 Å². The fourth-order valence-corrected chi connectivity index (χ4v) is 7.83. The minimum atomic E-state index is -4.53. The standard InChI is InChI=1S/C40H42N6O7S/c47-40(44-54(50,51)34-9-11-36(37(25-34)46(48)49)42-26-29-15-21-52-22-16-29)35-10-8-31(24-38(35)53-33-23-32-12-17-41-39(32)43-27-33)30-13-19-45(20-14-30)18-4-7-28-5-2-1-3-6-28/h1-3,5-6,8-13,17,23-25,27,29,42H,4,7,14-16,18-22,26H2,(H,41,43)(H,44,47). The number of anilines is 1. The number of H-pyrrole nitrogens is 1. The van der Waals surface area contributed by atoms with Gasteiger partial charge in [0.1, 0.15) is 22.8 Å². The van der Waals surface area contributed by atoms with Crippen LogP contribution >= 0.6 is 0 Å². The summed E-state index contributed by atoms with van der Waals surface area (Å²) in [6.07, 6.45) is 9.98. The van der Waals surface area contributed by atoms with Gasteiger partial charge in [0.25, 0.3) is 21.6 Å². The van der Waals surface area contributed by atoms with Crippen LogP contribution in [0.15, 0.2) is 102 Å². The Morgan fingerprint density at radius 3 is 2.67 bits per heavy atom. The number of pyridine rings is 1. The third-order valence-electron chi connectivity index (χ3n) is 9.90. The van der Waals surface area contributed by atoms with Gasteiger partial charge < -0.3 is 19.8 Å². The van der Waals surface area contributed by atoms with Crippen LogP contribution in [-0.4, -0.2) is 73.5 Å². The molecule has 0 atom stereocenters. The number of hydrogen-bond acceptors (Lipinski definition) is 10. The van der Waals surface area contributed by atoms with E-state index >= 15 is 0 Å². The molecule has 280 valence electrons. The Kier molecular flexibility index (Phi) is 11.3. The number of nitro benzene ring substituents is 1. The second-order valence-corrected chi connectivity index (χ2v) is 15.3. The van der Waals surface area contributed by atoms with Crippen LogP contribution in [0.5, 0.6) is 11.5 Å². The first kappa shape index (κ1) is 36.8. The molecule has 5 aromatic rings. The number of nitrogens with one attached hydrogen (secondary N) is 3. The molecule has 0 radical (unpaired) electrons. The zero-order valence-electron chi connectivity index (χ0n) is 29.7. The fourth-order valence-electron chi connectivity index (χ4n) is 6.84. The minimum Gasteiger partial charge on any atom is -0.455 e. The van der Waals surface area contributed by atoms with Gasteiger partial charge in [-0.2, -0.15) is 0 Å². The molecule has 1 fully saturated rings. The lowest BCUT2D eigenvalue weighted by Crippen LogP contribution is -2.31. The molecule has 2 aromatic heterocycles. The first-order chi connectivity index (χ1) is 26.2. The summed E-state index contributed by atoms with van der Waals surface area (Å²) in [5.41, 5.74) is 3.70. The van der Waals surface area contributed by atoms with Gasteiger partial charge in [-0.3, -0.25) is 19.8 Å². The number of nitrogens with zero attached hydrogens (tertiary/aromatic N) is 3. The molecule has 1 saturated heterocycles. The molecule has 0 unspecified atom stereocenters. The second-order valence-electron chi connectivity index (χ2n) is 13.6. The van der Waals surface area contributed by atoms with Gasteiger partial charge in [0, 0.05) is 50.5 Å². The fraction of sp³-hybridized carbons (Fsp3) is 0.300. The number of fused-ring (bicyclic) bond motifs is 1. The highest BCUT2D eigenvalue weighted by molar-refractivity contribution is 7.90. The molecule has 3 aromatic carbocycles. The van der Waals surface area contributed by atoms with Gasteiger partial charge in [0.05, 0.1) is 21.6 Å². The molecule has 4 heterocycles.